The van der Waals surface area contributed by atoms with Gasteiger partial charge in [-0.3, -0.25) is 0 Å². The third kappa shape index (κ3) is 3.39. The fourth-order valence-electron chi connectivity index (χ4n) is 2.35. The van der Waals surface area contributed by atoms with Crippen molar-refractivity contribution in [1.82, 2.24) is 9.21 Å². The zero-order valence-electron chi connectivity index (χ0n) is 11.4. The van der Waals surface area contributed by atoms with Crippen LogP contribution in [0.4, 0.5) is 0 Å². The SMILES string of the molecule is Cc1cc(S(=O)(=O)N(C)CC2CCN(C)C2)sc1Br. The van der Waals surface area contributed by atoms with Crippen LogP contribution in [0.1, 0.15) is 12.0 Å². The first-order valence-electron chi connectivity index (χ1n) is 6.21. The van der Waals surface area contributed by atoms with Gasteiger partial charge in [0, 0.05) is 20.1 Å². The molecule has 0 saturated carbocycles. The molecule has 0 aromatic carbocycles. The Hall–Kier alpha value is 0.0500. The third-order valence-electron chi connectivity index (χ3n) is 3.50. The van der Waals surface area contributed by atoms with Gasteiger partial charge in [0.25, 0.3) is 10.0 Å². The highest BCUT2D eigenvalue weighted by Crippen LogP contribution is 2.32. The average Bonchev–Trinajstić information content (AvgIpc) is 2.87. The molecular formula is C12H19BrN2O2S2. The van der Waals surface area contributed by atoms with Crippen molar-refractivity contribution in [3.63, 3.8) is 0 Å². The number of rotatable bonds is 4. The smallest absolute Gasteiger partial charge is 0.252 e. The van der Waals surface area contributed by atoms with E-state index >= 15 is 0 Å². The van der Waals surface area contributed by atoms with E-state index in [0.29, 0.717) is 16.7 Å². The molecule has 2 rings (SSSR count). The number of sulfonamides is 1. The van der Waals surface area contributed by atoms with Gasteiger partial charge in [0.2, 0.25) is 0 Å². The molecule has 0 amide bonds. The molecule has 1 aliphatic rings. The lowest BCUT2D eigenvalue weighted by atomic mass is 10.1. The van der Waals surface area contributed by atoms with Gasteiger partial charge in [-0.15, -0.1) is 11.3 Å². The lowest BCUT2D eigenvalue weighted by Gasteiger charge is -2.20. The van der Waals surface area contributed by atoms with E-state index in [2.05, 4.69) is 27.9 Å². The summed E-state index contributed by atoms with van der Waals surface area (Å²) in [6.45, 7) is 4.54. The summed E-state index contributed by atoms with van der Waals surface area (Å²) in [5.41, 5.74) is 0.970. The highest BCUT2D eigenvalue weighted by molar-refractivity contribution is 9.11. The monoisotopic (exact) mass is 366 g/mol. The van der Waals surface area contributed by atoms with Crippen molar-refractivity contribution in [1.29, 1.82) is 0 Å². The maximum atomic E-state index is 12.5. The van der Waals surface area contributed by atoms with Gasteiger partial charge in [0.05, 0.1) is 3.79 Å². The van der Waals surface area contributed by atoms with Crippen LogP contribution in [-0.4, -0.2) is 51.4 Å². The highest BCUT2D eigenvalue weighted by Gasteiger charge is 2.28. The second kappa shape index (κ2) is 5.81. The Morgan fingerprint density at radius 3 is 2.74 bits per heavy atom. The standard InChI is InChI=1S/C12H19BrN2O2S2/c1-9-6-11(18-12(9)13)19(16,17)15(3)8-10-4-5-14(2)7-10/h6,10H,4-5,7-8H2,1-3H3. The number of hydrogen-bond acceptors (Lipinski definition) is 4. The highest BCUT2D eigenvalue weighted by atomic mass is 79.9. The molecular weight excluding hydrogens is 348 g/mol. The Kier molecular flexibility index (Phi) is 4.72. The molecule has 0 spiro atoms. The molecule has 2 heterocycles. The van der Waals surface area contributed by atoms with Gasteiger partial charge in [0.15, 0.2) is 0 Å². The number of thiophene rings is 1. The minimum atomic E-state index is -3.34. The molecule has 0 bridgehead atoms. The molecule has 0 N–H and O–H groups in total. The fraction of sp³-hybridized carbons (Fsp3) is 0.667. The summed E-state index contributed by atoms with van der Waals surface area (Å²) in [5.74, 6) is 0.439. The van der Waals surface area contributed by atoms with E-state index in [1.807, 2.05) is 6.92 Å². The zero-order chi connectivity index (χ0) is 14.2. The quantitative estimate of drug-likeness (QED) is 0.821. The van der Waals surface area contributed by atoms with Gasteiger partial charge >= 0.3 is 0 Å². The van der Waals surface area contributed by atoms with Crippen molar-refractivity contribution >= 4 is 37.3 Å². The average molecular weight is 367 g/mol. The van der Waals surface area contributed by atoms with Crippen LogP contribution >= 0.6 is 27.3 Å². The van der Waals surface area contributed by atoms with Crippen molar-refractivity contribution in [2.75, 3.05) is 33.7 Å². The van der Waals surface area contributed by atoms with Crippen molar-refractivity contribution in [2.45, 2.75) is 17.6 Å². The molecule has 4 nitrogen and oxygen atoms in total. The molecule has 0 aliphatic carbocycles. The first-order chi connectivity index (χ1) is 8.80. The summed E-state index contributed by atoms with van der Waals surface area (Å²) >= 11 is 4.67. The van der Waals surface area contributed by atoms with Crippen molar-refractivity contribution < 1.29 is 8.42 Å². The van der Waals surface area contributed by atoms with Gasteiger partial charge in [-0.25, -0.2) is 8.42 Å². The maximum absolute atomic E-state index is 12.5. The van der Waals surface area contributed by atoms with Gasteiger partial charge in [-0.2, -0.15) is 4.31 Å². The van der Waals surface area contributed by atoms with Gasteiger partial charge in [-0.1, -0.05) is 0 Å². The van der Waals surface area contributed by atoms with E-state index < -0.39 is 10.0 Å². The number of likely N-dealkylation sites (tertiary alicyclic amines) is 1. The van der Waals surface area contributed by atoms with Crippen LogP contribution in [0.5, 0.6) is 0 Å². The molecule has 1 aromatic heterocycles. The molecule has 1 aromatic rings. The lowest BCUT2D eigenvalue weighted by molar-refractivity contribution is 0.357. The predicted molar refractivity (Wildman–Crippen MR) is 82.2 cm³/mol. The van der Waals surface area contributed by atoms with Crippen molar-refractivity contribution in [3.8, 4) is 0 Å². The number of hydrogen-bond donors (Lipinski definition) is 0. The molecule has 1 unspecified atom stereocenters. The van der Waals surface area contributed by atoms with E-state index in [9.17, 15) is 8.42 Å². The van der Waals surface area contributed by atoms with Crippen molar-refractivity contribution in [3.05, 3.63) is 15.4 Å². The predicted octanol–water partition coefficient (Wildman–Crippen LogP) is 2.39. The molecule has 1 aliphatic heterocycles. The van der Waals surface area contributed by atoms with Crippen LogP contribution < -0.4 is 0 Å². The summed E-state index contributed by atoms with van der Waals surface area (Å²) in [4.78, 5) is 2.25. The summed E-state index contributed by atoms with van der Waals surface area (Å²) in [6, 6.07) is 1.74. The minimum absolute atomic E-state index is 0.422. The van der Waals surface area contributed by atoms with Crippen LogP contribution in [0.3, 0.4) is 0 Å². The maximum Gasteiger partial charge on any atom is 0.252 e. The van der Waals surface area contributed by atoms with Crippen molar-refractivity contribution in [2.24, 2.45) is 5.92 Å². The molecule has 1 atom stereocenters. The first-order valence-corrected chi connectivity index (χ1v) is 9.26. The lowest BCUT2D eigenvalue weighted by Crippen LogP contribution is -2.32. The Morgan fingerprint density at radius 1 is 1.58 bits per heavy atom. The van der Waals surface area contributed by atoms with E-state index in [-0.39, 0.29) is 0 Å². The minimum Gasteiger partial charge on any atom is -0.306 e. The second-order valence-corrected chi connectivity index (χ2v) is 9.87. The van der Waals surface area contributed by atoms with E-state index in [0.717, 1.165) is 28.9 Å². The van der Waals surface area contributed by atoms with Crippen LogP contribution in [-0.2, 0) is 10.0 Å². The van der Waals surface area contributed by atoms with E-state index in [1.165, 1.54) is 15.6 Å². The third-order valence-corrected chi connectivity index (χ3v) is 7.91. The normalized spacial score (nSPS) is 21.4. The Balaban J connectivity index is 2.11. The van der Waals surface area contributed by atoms with Gasteiger partial charge in [-0.05, 0) is 60.4 Å². The van der Waals surface area contributed by atoms with Crippen LogP contribution in [0.25, 0.3) is 0 Å². The molecule has 1 saturated heterocycles. The summed E-state index contributed by atoms with van der Waals surface area (Å²) in [7, 11) is 0.413. The second-order valence-electron chi connectivity index (χ2n) is 5.22. The molecule has 1 fully saturated rings. The Labute approximate surface area is 127 Å². The topological polar surface area (TPSA) is 40.6 Å². The Morgan fingerprint density at radius 2 is 2.26 bits per heavy atom. The largest absolute Gasteiger partial charge is 0.306 e. The van der Waals surface area contributed by atoms with Crippen LogP contribution in [0.15, 0.2) is 14.1 Å². The molecule has 108 valence electrons. The fourth-order valence-corrected chi connectivity index (χ4v) is 6.03. The van der Waals surface area contributed by atoms with Gasteiger partial charge < -0.3 is 4.90 Å². The molecule has 7 heteroatoms. The number of halogens is 1. The van der Waals surface area contributed by atoms with Crippen LogP contribution in [0.2, 0.25) is 0 Å². The number of aryl methyl sites for hydroxylation is 1. The summed E-state index contributed by atoms with van der Waals surface area (Å²) < 4.78 is 27.7. The zero-order valence-corrected chi connectivity index (χ0v) is 14.6. The van der Waals surface area contributed by atoms with Crippen LogP contribution in [0, 0.1) is 12.8 Å². The molecule has 19 heavy (non-hydrogen) atoms. The Bertz CT molecular complexity index is 537. The van der Waals surface area contributed by atoms with E-state index in [4.69, 9.17) is 0 Å². The number of nitrogens with zero attached hydrogens (tertiary/aromatic N) is 2. The van der Waals surface area contributed by atoms with E-state index in [1.54, 1.807) is 13.1 Å². The summed E-state index contributed by atoms with van der Waals surface area (Å²) in [6.07, 6.45) is 1.07. The summed E-state index contributed by atoms with van der Waals surface area (Å²) in [5, 5.41) is 0. The first kappa shape index (κ1) is 15.4. The molecule has 0 radical (unpaired) electrons. The van der Waals surface area contributed by atoms with Gasteiger partial charge in [0.1, 0.15) is 4.21 Å².